The third-order valence-electron chi connectivity index (χ3n) is 4.49. The zero-order chi connectivity index (χ0) is 20.4. The molecule has 1 aliphatic rings. The van der Waals surface area contributed by atoms with Crippen molar-refractivity contribution >= 4 is 28.6 Å². The number of carbonyl (C=O) groups is 1. The van der Waals surface area contributed by atoms with Crippen LogP contribution in [-0.2, 0) is 4.74 Å². The van der Waals surface area contributed by atoms with E-state index in [1.807, 2.05) is 39.1 Å². The Morgan fingerprint density at radius 1 is 1.28 bits per heavy atom. The van der Waals surface area contributed by atoms with Gasteiger partial charge in [-0.2, -0.15) is 0 Å². The Morgan fingerprint density at radius 2 is 2.14 bits per heavy atom. The molecule has 9 heteroatoms. The normalized spacial score (nSPS) is 17.3. The summed E-state index contributed by atoms with van der Waals surface area (Å²) in [5, 5.41) is 13.7. The van der Waals surface area contributed by atoms with Gasteiger partial charge in [-0.3, -0.25) is 4.79 Å². The van der Waals surface area contributed by atoms with Crippen LogP contribution in [-0.4, -0.2) is 40.4 Å². The first-order valence-corrected chi connectivity index (χ1v) is 11.0. The summed E-state index contributed by atoms with van der Waals surface area (Å²) >= 11 is 3.06. The second-order valence-electron chi connectivity index (χ2n) is 6.98. The van der Waals surface area contributed by atoms with Crippen LogP contribution in [0.5, 0.6) is 5.75 Å². The van der Waals surface area contributed by atoms with Crippen molar-refractivity contribution in [3.8, 4) is 16.3 Å². The minimum atomic E-state index is -0.230. The molecule has 0 saturated carbocycles. The molecule has 29 heavy (non-hydrogen) atoms. The molecule has 152 valence electrons. The van der Waals surface area contributed by atoms with Crippen molar-refractivity contribution in [3.05, 3.63) is 44.9 Å². The van der Waals surface area contributed by atoms with Gasteiger partial charge in [0.1, 0.15) is 26.9 Å². The van der Waals surface area contributed by atoms with Crippen LogP contribution in [0.1, 0.15) is 44.6 Å². The van der Waals surface area contributed by atoms with Crippen LogP contribution in [0.25, 0.3) is 10.6 Å². The lowest BCUT2D eigenvalue weighted by Crippen LogP contribution is -2.26. The van der Waals surface area contributed by atoms with E-state index in [-0.39, 0.29) is 18.1 Å². The van der Waals surface area contributed by atoms with Crippen molar-refractivity contribution in [2.24, 2.45) is 0 Å². The molecular formula is C20H22N4O3S2. The largest absolute Gasteiger partial charge is 0.488 e. The van der Waals surface area contributed by atoms with E-state index in [2.05, 4.69) is 20.5 Å². The summed E-state index contributed by atoms with van der Waals surface area (Å²) in [4.78, 5) is 18.5. The Morgan fingerprint density at radius 3 is 2.79 bits per heavy atom. The van der Waals surface area contributed by atoms with E-state index >= 15 is 0 Å². The molecule has 3 aromatic rings. The number of nitrogens with zero attached hydrogens (tertiary/aromatic N) is 3. The van der Waals surface area contributed by atoms with E-state index in [1.54, 1.807) is 17.4 Å². The molecule has 1 aliphatic heterocycles. The fourth-order valence-corrected chi connectivity index (χ4v) is 4.49. The standard InChI is InChI=1S/C20H22N4O3S2/c1-11-9-21-20(28-11)15-6-14(7-17(8-15)27-16-4-5-26-10-16)18(25)22-12(2)19-24-23-13(3)29-19/h6-9,12,16H,4-5,10H2,1-3H3,(H,22,25)/t12?,16-/m1/s1. The van der Waals surface area contributed by atoms with Crippen molar-refractivity contribution in [3.63, 3.8) is 0 Å². The molecular weight excluding hydrogens is 408 g/mol. The van der Waals surface area contributed by atoms with Crippen molar-refractivity contribution in [1.82, 2.24) is 20.5 Å². The fraction of sp³-hybridized carbons (Fsp3) is 0.400. The van der Waals surface area contributed by atoms with Crippen molar-refractivity contribution in [2.75, 3.05) is 13.2 Å². The van der Waals surface area contributed by atoms with Gasteiger partial charge in [-0.1, -0.05) is 11.3 Å². The summed E-state index contributed by atoms with van der Waals surface area (Å²) in [7, 11) is 0. The number of hydrogen-bond acceptors (Lipinski definition) is 8. The zero-order valence-electron chi connectivity index (χ0n) is 16.5. The Hall–Kier alpha value is -2.36. The number of aryl methyl sites for hydroxylation is 2. The van der Waals surface area contributed by atoms with E-state index in [4.69, 9.17) is 9.47 Å². The van der Waals surface area contributed by atoms with Gasteiger partial charge in [0.2, 0.25) is 0 Å². The Kier molecular flexibility index (Phi) is 5.89. The number of ether oxygens (including phenoxy) is 2. The molecule has 0 bridgehead atoms. The number of rotatable bonds is 6. The fourth-order valence-electron chi connectivity index (χ4n) is 3.04. The molecule has 0 aliphatic carbocycles. The van der Waals surface area contributed by atoms with Gasteiger partial charge in [-0.15, -0.1) is 21.5 Å². The van der Waals surface area contributed by atoms with Crippen LogP contribution in [0.2, 0.25) is 0 Å². The highest BCUT2D eigenvalue weighted by Crippen LogP contribution is 2.31. The maximum Gasteiger partial charge on any atom is 0.251 e. The van der Waals surface area contributed by atoms with Gasteiger partial charge in [-0.05, 0) is 39.0 Å². The molecule has 1 N–H and O–H groups in total. The number of aromatic nitrogens is 3. The summed E-state index contributed by atoms with van der Waals surface area (Å²) < 4.78 is 11.5. The lowest BCUT2D eigenvalue weighted by Gasteiger charge is -2.15. The molecule has 0 radical (unpaired) electrons. The van der Waals surface area contributed by atoms with Gasteiger partial charge in [0, 0.05) is 28.6 Å². The number of benzene rings is 1. The van der Waals surface area contributed by atoms with Gasteiger partial charge in [0.25, 0.3) is 5.91 Å². The average Bonchev–Trinajstić information content (AvgIpc) is 3.44. The number of carbonyl (C=O) groups excluding carboxylic acids is 1. The van der Waals surface area contributed by atoms with E-state index in [9.17, 15) is 4.79 Å². The van der Waals surface area contributed by atoms with Crippen LogP contribution in [0.15, 0.2) is 24.4 Å². The summed E-state index contributed by atoms with van der Waals surface area (Å²) in [5.41, 5.74) is 1.39. The molecule has 1 amide bonds. The Labute approximate surface area is 177 Å². The SMILES string of the molecule is Cc1cnc(-c2cc(O[C@@H]3CCOC3)cc(C(=O)NC(C)c3nnc(C)s3)c2)s1. The highest BCUT2D eigenvalue weighted by molar-refractivity contribution is 7.15. The molecule has 3 heterocycles. The molecule has 2 aromatic heterocycles. The van der Waals surface area contributed by atoms with Crippen LogP contribution in [0.3, 0.4) is 0 Å². The number of amides is 1. The quantitative estimate of drug-likeness (QED) is 0.638. The Bertz CT molecular complexity index is 1010. The van der Waals surface area contributed by atoms with Gasteiger partial charge >= 0.3 is 0 Å². The van der Waals surface area contributed by atoms with Crippen LogP contribution < -0.4 is 10.1 Å². The van der Waals surface area contributed by atoms with Crippen LogP contribution in [0.4, 0.5) is 0 Å². The zero-order valence-corrected chi connectivity index (χ0v) is 18.1. The van der Waals surface area contributed by atoms with Crippen molar-refractivity contribution < 1.29 is 14.3 Å². The van der Waals surface area contributed by atoms with Crippen molar-refractivity contribution in [2.45, 2.75) is 39.3 Å². The van der Waals surface area contributed by atoms with Gasteiger partial charge < -0.3 is 14.8 Å². The first kappa shape index (κ1) is 19.9. The summed E-state index contributed by atoms with van der Waals surface area (Å²) in [6, 6.07) is 5.33. The molecule has 1 fully saturated rings. The lowest BCUT2D eigenvalue weighted by atomic mass is 10.1. The topological polar surface area (TPSA) is 86.2 Å². The molecule has 4 rings (SSSR count). The third kappa shape index (κ3) is 4.80. The maximum absolute atomic E-state index is 13.0. The second kappa shape index (κ2) is 8.56. The second-order valence-corrected chi connectivity index (χ2v) is 9.43. The van der Waals surface area contributed by atoms with Crippen LogP contribution >= 0.6 is 22.7 Å². The molecule has 7 nitrogen and oxygen atoms in total. The average molecular weight is 431 g/mol. The molecule has 2 atom stereocenters. The highest BCUT2D eigenvalue weighted by Gasteiger charge is 2.20. The van der Waals surface area contributed by atoms with E-state index < -0.39 is 0 Å². The third-order valence-corrected chi connectivity index (χ3v) is 6.47. The highest BCUT2D eigenvalue weighted by atomic mass is 32.1. The number of hydrogen-bond donors (Lipinski definition) is 1. The first-order valence-electron chi connectivity index (χ1n) is 9.41. The van der Waals surface area contributed by atoms with Crippen LogP contribution in [0, 0.1) is 13.8 Å². The van der Waals surface area contributed by atoms with Gasteiger partial charge in [-0.25, -0.2) is 4.98 Å². The minimum Gasteiger partial charge on any atom is -0.488 e. The summed E-state index contributed by atoms with van der Waals surface area (Å²) in [5.74, 6) is 0.461. The van der Waals surface area contributed by atoms with E-state index in [1.165, 1.54) is 11.3 Å². The predicted octanol–water partition coefficient (Wildman–Crippen LogP) is 3.94. The molecule has 1 unspecified atom stereocenters. The molecule has 1 aromatic carbocycles. The monoisotopic (exact) mass is 430 g/mol. The van der Waals surface area contributed by atoms with Crippen molar-refractivity contribution in [1.29, 1.82) is 0 Å². The lowest BCUT2D eigenvalue weighted by molar-refractivity contribution is 0.0938. The minimum absolute atomic E-state index is 0.00230. The smallest absolute Gasteiger partial charge is 0.251 e. The van der Waals surface area contributed by atoms with Gasteiger partial charge in [0.15, 0.2) is 0 Å². The van der Waals surface area contributed by atoms with E-state index in [0.29, 0.717) is 24.5 Å². The predicted molar refractivity (Wildman–Crippen MR) is 113 cm³/mol. The summed E-state index contributed by atoms with van der Waals surface area (Å²) in [6.45, 7) is 7.07. The number of nitrogens with one attached hydrogen (secondary N) is 1. The maximum atomic E-state index is 13.0. The first-order chi connectivity index (χ1) is 14.0. The summed E-state index contributed by atoms with van der Waals surface area (Å²) in [6.07, 6.45) is 2.68. The Balaban J connectivity index is 1.60. The molecule has 1 saturated heterocycles. The number of thiazole rings is 1. The van der Waals surface area contributed by atoms with E-state index in [0.717, 1.165) is 31.9 Å². The molecule has 0 spiro atoms. The van der Waals surface area contributed by atoms with Gasteiger partial charge in [0.05, 0.1) is 19.3 Å².